The standard InChI is InChI=1S/C14H16N2O/c1-11(12-7-4-3-5-8-12)16(2)14(17)13-9-6-10-15-13/h3-11,15H,1-2H3/t11-/m0/s1. The molecule has 2 aromatic rings. The number of nitrogens with zero attached hydrogens (tertiary/aromatic N) is 1. The van der Waals surface area contributed by atoms with E-state index < -0.39 is 0 Å². The Morgan fingerprint density at radius 1 is 1.18 bits per heavy atom. The van der Waals surface area contributed by atoms with Crippen LogP contribution in [0.1, 0.15) is 29.0 Å². The van der Waals surface area contributed by atoms with Crippen molar-refractivity contribution in [2.75, 3.05) is 7.05 Å². The molecule has 17 heavy (non-hydrogen) atoms. The minimum Gasteiger partial charge on any atom is -0.357 e. The Balaban J connectivity index is 2.15. The molecule has 1 aromatic heterocycles. The predicted molar refractivity (Wildman–Crippen MR) is 67.7 cm³/mol. The monoisotopic (exact) mass is 228 g/mol. The lowest BCUT2D eigenvalue weighted by Crippen LogP contribution is -2.29. The van der Waals surface area contributed by atoms with Crippen molar-refractivity contribution < 1.29 is 4.79 Å². The van der Waals surface area contributed by atoms with Gasteiger partial charge < -0.3 is 9.88 Å². The van der Waals surface area contributed by atoms with E-state index in [0.717, 1.165) is 5.56 Å². The fourth-order valence-corrected chi connectivity index (χ4v) is 1.78. The molecule has 1 atom stereocenters. The average molecular weight is 228 g/mol. The molecule has 1 heterocycles. The molecule has 1 amide bonds. The van der Waals surface area contributed by atoms with Gasteiger partial charge in [0.2, 0.25) is 0 Å². The predicted octanol–water partition coefficient (Wildman–Crippen LogP) is 2.85. The van der Waals surface area contributed by atoms with E-state index in [2.05, 4.69) is 4.98 Å². The second-order valence-electron chi connectivity index (χ2n) is 4.09. The second-order valence-corrected chi connectivity index (χ2v) is 4.09. The maximum atomic E-state index is 12.1. The average Bonchev–Trinajstić information content (AvgIpc) is 2.91. The normalized spacial score (nSPS) is 12.1. The summed E-state index contributed by atoms with van der Waals surface area (Å²) in [5, 5.41) is 0. The van der Waals surface area contributed by atoms with Crippen molar-refractivity contribution in [2.45, 2.75) is 13.0 Å². The Bertz CT molecular complexity index is 476. The molecule has 1 aromatic carbocycles. The molecule has 0 bridgehead atoms. The highest BCUT2D eigenvalue weighted by atomic mass is 16.2. The fourth-order valence-electron chi connectivity index (χ4n) is 1.78. The Morgan fingerprint density at radius 2 is 1.88 bits per heavy atom. The zero-order valence-corrected chi connectivity index (χ0v) is 10.1. The highest BCUT2D eigenvalue weighted by molar-refractivity contribution is 5.92. The summed E-state index contributed by atoms with van der Waals surface area (Å²) in [6.45, 7) is 2.02. The maximum absolute atomic E-state index is 12.1. The van der Waals surface area contributed by atoms with Gasteiger partial charge in [-0.1, -0.05) is 30.3 Å². The van der Waals surface area contributed by atoms with E-state index in [4.69, 9.17) is 0 Å². The summed E-state index contributed by atoms with van der Waals surface area (Å²) in [7, 11) is 1.82. The van der Waals surface area contributed by atoms with Gasteiger partial charge in [0.1, 0.15) is 5.69 Å². The van der Waals surface area contributed by atoms with Crippen LogP contribution in [-0.2, 0) is 0 Å². The number of hydrogen-bond donors (Lipinski definition) is 1. The van der Waals surface area contributed by atoms with Gasteiger partial charge in [0.25, 0.3) is 5.91 Å². The summed E-state index contributed by atoms with van der Waals surface area (Å²) in [4.78, 5) is 16.8. The first-order valence-corrected chi connectivity index (χ1v) is 5.65. The summed E-state index contributed by atoms with van der Waals surface area (Å²) < 4.78 is 0. The van der Waals surface area contributed by atoms with Gasteiger partial charge in [-0.25, -0.2) is 0 Å². The number of nitrogens with one attached hydrogen (secondary N) is 1. The third-order valence-corrected chi connectivity index (χ3v) is 3.01. The Kier molecular flexibility index (Phi) is 3.28. The van der Waals surface area contributed by atoms with Crippen molar-refractivity contribution >= 4 is 5.91 Å². The van der Waals surface area contributed by atoms with Gasteiger partial charge in [0.15, 0.2) is 0 Å². The zero-order chi connectivity index (χ0) is 12.3. The van der Waals surface area contributed by atoms with Crippen LogP contribution in [0.15, 0.2) is 48.7 Å². The quantitative estimate of drug-likeness (QED) is 0.861. The fraction of sp³-hybridized carbons (Fsp3) is 0.214. The third-order valence-electron chi connectivity index (χ3n) is 3.01. The van der Waals surface area contributed by atoms with Gasteiger partial charge in [-0.15, -0.1) is 0 Å². The third kappa shape index (κ3) is 2.38. The van der Waals surface area contributed by atoms with Gasteiger partial charge in [-0.2, -0.15) is 0 Å². The van der Waals surface area contributed by atoms with Crippen LogP contribution < -0.4 is 0 Å². The second kappa shape index (κ2) is 4.87. The van der Waals surface area contributed by atoms with Gasteiger partial charge in [-0.05, 0) is 24.6 Å². The molecular formula is C14H16N2O. The number of H-pyrrole nitrogens is 1. The SMILES string of the molecule is C[C@@H](c1ccccc1)N(C)C(=O)c1ccc[nH]1. The van der Waals surface area contributed by atoms with E-state index in [-0.39, 0.29) is 11.9 Å². The molecule has 0 spiro atoms. The summed E-state index contributed by atoms with van der Waals surface area (Å²) in [5.41, 5.74) is 1.75. The number of aromatic amines is 1. The van der Waals surface area contributed by atoms with Gasteiger partial charge in [0.05, 0.1) is 6.04 Å². The molecule has 0 aliphatic carbocycles. The Morgan fingerprint density at radius 3 is 2.47 bits per heavy atom. The largest absolute Gasteiger partial charge is 0.357 e. The molecule has 0 saturated heterocycles. The van der Waals surface area contributed by atoms with Crippen molar-refractivity contribution in [3.63, 3.8) is 0 Å². The van der Waals surface area contributed by atoms with Crippen LogP contribution in [0.25, 0.3) is 0 Å². The minimum atomic E-state index is 0.00588. The van der Waals surface area contributed by atoms with Crippen molar-refractivity contribution in [2.24, 2.45) is 0 Å². The van der Waals surface area contributed by atoms with E-state index in [1.807, 2.05) is 50.4 Å². The van der Waals surface area contributed by atoms with Crippen molar-refractivity contribution in [3.8, 4) is 0 Å². The van der Waals surface area contributed by atoms with Crippen LogP contribution >= 0.6 is 0 Å². The molecular weight excluding hydrogens is 212 g/mol. The van der Waals surface area contributed by atoms with Gasteiger partial charge in [-0.3, -0.25) is 4.79 Å². The highest BCUT2D eigenvalue weighted by Crippen LogP contribution is 2.19. The zero-order valence-electron chi connectivity index (χ0n) is 10.1. The molecule has 0 aliphatic rings. The van der Waals surface area contributed by atoms with E-state index in [9.17, 15) is 4.79 Å². The Labute approximate surface area is 101 Å². The smallest absolute Gasteiger partial charge is 0.270 e. The molecule has 0 aliphatic heterocycles. The topological polar surface area (TPSA) is 36.1 Å². The van der Waals surface area contributed by atoms with Crippen LogP contribution in [0, 0.1) is 0 Å². The number of amides is 1. The van der Waals surface area contributed by atoms with Gasteiger partial charge >= 0.3 is 0 Å². The number of benzene rings is 1. The lowest BCUT2D eigenvalue weighted by Gasteiger charge is -2.24. The Hall–Kier alpha value is -2.03. The van der Waals surface area contributed by atoms with Crippen molar-refractivity contribution in [3.05, 3.63) is 59.9 Å². The summed E-state index contributed by atoms with van der Waals surface area (Å²) in [6.07, 6.45) is 1.76. The van der Waals surface area contributed by atoms with Crippen LogP contribution in [-0.4, -0.2) is 22.8 Å². The molecule has 1 N–H and O–H groups in total. The first-order valence-electron chi connectivity index (χ1n) is 5.65. The number of aromatic nitrogens is 1. The molecule has 0 saturated carbocycles. The van der Waals surface area contributed by atoms with E-state index in [1.165, 1.54) is 0 Å². The van der Waals surface area contributed by atoms with Crippen molar-refractivity contribution in [1.29, 1.82) is 0 Å². The minimum absolute atomic E-state index is 0.00588. The maximum Gasteiger partial charge on any atom is 0.270 e. The number of hydrogen-bond acceptors (Lipinski definition) is 1. The number of carbonyl (C=O) groups excluding carboxylic acids is 1. The van der Waals surface area contributed by atoms with Crippen LogP contribution in [0.2, 0.25) is 0 Å². The van der Waals surface area contributed by atoms with E-state index >= 15 is 0 Å². The first kappa shape index (κ1) is 11.5. The molecule has 0 fully saturated rings. The van der Waals surface area contributed by atoms with E-state index in [0.29, 0.717) is 5.69 Å². The number of carbonyl (C=O) groups is 1. The highest BCUT2D eigenvalue weighted by Gasteiger charge is 2.18. The van der Waals surface area contributed by atoms with Crippen LogP contribution in [0.5, 0.6) is 0 Å². The van der Waals surface area contributed by atoms with E-state index in [1.54, 1.807) is 17.2 Å². The van der Waals surface area contributed by atoms with Crippen molar-refractivity contribution in [1.82, 2.24) is 9.88 Å². The molecule has 2 rings (SSSR count). The molecule has 0 unspecified atom stereocenters. The first-order chi connectivity index (χ1) is 8.20. The molecule has 3 nitrogen and oxygen atoms in total. The summed E-state index contributed by atoms with van der Waals surface area (Å²) in [5.74, 6) is 0.00588. The molecule has 3 heteroatoms. The van der Waals surface area contributed by atoms with Crippen LogP contribution in [0.4, 0.5) is 0 Å². The van der Waals surface area contributed by atoms with Gasteiger partial charge in [0, 0.05) is 13.2 Å². The van der Waals surface area contributed by atoms with Crippen LogP contribution in [0.3, 0.4) is 0 Å². The molecule has 0 radical (unpaired) electrons. The summed E-state index contributed by atoms with van der Waals surface area (Å²) in [6, 6.07) is 13.7. The lowest BCUT2D eigenvalue weighted by atomic mass is 10.1. The summed E-state index contributed by atoms with van der Waals surface area (Å²) >= 11 is 0. The number of rotatable bonds is 3. The lowest BCUT2D eigenvalue weighted by molar-refractivity contribution is 0.0737. The molecule has 88 valence electrons.